The molecule has 26 aromatic rings. The Morgan fingerprint density at radius 3 is 0.886 bits per heavy atom. The highest BCUT2D eigenvalue weighted by Crippen LogP contribution is 2.60. The van der Waals surface area contributed by atoms with Crippen LogP contribution < -0.4 is 26.2 Å². The first kappa shape index (κ1) is 89.5. The molecule has 0 saturated heterocycles. The van der Waals surface area contributed by atoms with Crippen molar-refractivity contribution >= 4 is 189 Å². The van der Waals surface area contributed by atoms with E-state index in [2.05, 4.69) is 523 Å². The van der Waals surface area contributed by atoms with Crippen LogP contribution in [0, 0.1) is 0 Å². The molecule has 0 bridgehead atoms. The van der Waals surface area contributed by atoms with E-state index in [0.717, 1.165) is 261 Å². The molecule has 8 nitrogen and oxygen atoms in total. The summed E-state index contributed by atoms with van der Waals surface area (Å²) >= 11 is 0. The third kappa shape index (κ3) is 14.1. The van der Waals surface area contributed by atoms with Gasteiger partial charge in [0, 0.05) is 115 Å². The molecule has 0 aliphatic carbocycles. The summed E-state index contributed by atoms with van der Waals surface area (Å²) in [6.07, 6.45) is 0. The van der Waals surface area contributed by atoms with Crippen molar-refractivity contribution in [1.29, 1.82) is 0 Å². The van der Waals surface area contributed by atoms with Crippen LogP contribution in [0.4, 0.5) is 34.1 Å². The Hall–Kier alpha value is -17.1. The van der Waals surface area contributed by atoms with Gasteiger partial charge in [-0.3, -0.25) is 0 Å². The van der Waals surface area contributed by atoms with E-state index in [-0.39, 0.29) is 16.2 Å². The van der Waals surface area contributed by atoms with E-state index in [1.165, 1.54) is 38.2 Å². The summed E-state index contributed by atoms with van der Waals surface area (Å²) in [6, 6.07) is 152. The molecule has 8 heterocycles. The van der Waals surface area contributed by atoms with Gasteiger partial charge in [0.05, 0.1) is 39.1 Å². The molecule has 2 aliphatic rings. The van der Waals surface area contributed by atoms with E-state index >= 15 is 0 Å². The number of furan rings is 4. The minimum atomic E-state index is -0.521. The molecule has 718 valence electrons. The lowest BCUT2D eigenvalue weighted by atomic mass is 9.33. The van der Waals surface area contributed by atoms with Crippen molar-refractivity contribution in [2.24, 2.45) is 0 Å². The van der Waals surface area contributed by atoms with Crippen LogP contribution in [-0.2, 0) is 27.1 Å². The molecule has 0 unspecified atom stereocenters. The maximum Gasteiger partial charge on any atom is 0.252 e. The Bertz CT molecular complexity index is 9760. The number of anilines is 6. The molecule has 0 saturated carbocycles. The molecule has 0 atom stereocenters. The Morgan fingerprint density at radius 1 is 0.188 bits per heavy atom. The molecular weight excluding hydrogens is 1810 g/mol. The molecule has 149 heavy (non-hydrogen) atoms. The molecule has 0 radical (unpaired) electrons. The third-order valence-electron chi connectivity index (χ3n) is 32.2. The third-order valence-corrected chi connectivity index (χ3v) is 32.2. The first-order chi connectivity index (χ1) is 72.0. The monoisotopic (exact) mass is 1920 g/mol. The summed E-state index contributed by atoms with van der Waals surface area (Å²) in [5.74, 6) is 0. The average molecular weight is 1920 g/mol. The number of hydrogen-bond acceptors (Lipinski definition) is 6. The van der Waals surface area contributed by atoms with Crippen molar-refractivity contribution in [1.82, 2.24) is 9.13 Å². The van der Waals surface area contributed by atoms with Crippen LogP contribution in [-0.4, -0.2) is 15.8 Å². The summed E-state index contributed by atoms with van der Waals surface area (Å²) in [5, 5.41) is 13.0. The fraction of sp³-hybridized carbons (Fsp3) is 0.143. The zero-order chi connectivity index (χ0) is 101. The van der Waals surface area contributed by atoms with E-state index in [1.807, 2.05) is 0 Å². The Labute approximate surface area is 867 Å². The number of fused-ring (bicyclic) bond motifs is 22. The summed E-state index contributed by atoms with van der Waals surface area (Å²) in [6.45, 7) is 34.8. The molecule has 0 N–H and O–H groups in total. The molecule has 2 aliphatic heterocycles. The largest absolute Gasteiger partial charge is 0.456 e. The number of benzene rings is 20. The van der Waals surface area contributed by atoms with E-state index in [9.17, 15) is 0 Å². The maximum atomic E-state index is 7.23. The summed E-state index contributed by atoms with van der Waals surface area (Å²) in [4.78, 5) is 5.55. The fourth-order valence-corrected chi connectivity index (χ4v) is 24.7. The minimum absolute atomic E-state index is 0.137. The predicted molar refractivity (Wildman–Crippen MR) is 630 cm³/mol. The lowest BCUT2D eigenvalue weighted by Crippen LogP contribution is -2.61. The van der Waals surface area contributed by atoms with Gasteiger partial charge in [-0.1, -0.05) is 340 Å². The second kappa shape index (κ2) is 32.7. The first-order valence-electron chi connectivity index (χ1n) is 52.5. The highest BCUT2D eigenvalue weighted by atomic mass is 16.3. The van der Waals surface area contributed by atoms with Gasteiger partial charge in [0.2, 0.25) is 0 Å². The highest BCUT2D eigenvalue weighted by molar-refractivity contribution is 7.00. The van der Waals surface area contributed by atoms with Gasteiger partial charge in [0.25, 0.3) is 6.71 Å². The molecule has 0 amide bonds. The van der Waals surface area contributed by atoms with Gasteiger partial charge < -0.3 is 36.6 Å². The summed E-state index contributed by atoms with van der Waals surface area (Å²) in [5.41, 5.74) is 42.0. The van der Waals surface area contributed by atoms with Crippen molar-refractivity contribution < 1.29 is 17.7 Å². The molecule has 0 spiro atoms. The van der Waals surface area contributed by atoms with Gasteiger partial charge in [-0.05, 0) is 291 Å². The van der Waals surface area contributed by atoms with Gasteiger partial charge in [0.1, 0.15) is 44.7 Å². The number of rotatable bonds is 11. The van der Waals surface area contributed by atoms with Crippen LogP contribution in [0.15, 0.2) is 418 Å². The topological polar surface area (TPSA) is 68.9 Å². The van der Waals surface area contributed by atoms with Crippen molar-refractivity contribution in [2.75, 3.05) is 9.80 Å². The Balaban J connectivity index is 0.874. The van der Waals surface area contributed by atoms with Crippen molar-refractivity contribution in [3.05, 3.63) is 428 Å². The summed E-state index contributed by atoms with van der Waals surface area (Å²) in [7, 11) is 0. The lowest BCUT2D eigenvalue weighted by molar-refractivity contribution is 0.590. The van der Waals surface area contributed by atoms with Crippen LogP contribution >= 0.6 is 0 Å². The molecule has 9 heteroatoms. The second-order valence-corrected chi connectivity index (χ2v) is 46.6. The molecular formula is C140H111BN4O4. The van der Waals surface area contributed by atoms with Gasteiger partial charge in [-0.15, -0.1) is 0 Å². The highest BCUT2D eigenvalue weighted by Gasteiger charge is 2.48. The van der Waals surface area contributed by atoms with Gasteiger partial charge >= 0.3 is 0 Å². The molecule has 20 aromatic carbocycles. The standard InChI is InChI=1S/C140H111BN4O4/c1-136(2,3)88-59-65-114-104(72-88)95-40-22-27-49-113(95)142(114)93-62-63-111-118(79-93)145(135-109(98-47-34-56-127-131(98)102-43-25-30-52-123(102)148-127)77-92(140(13,14)15)78-110(135)99-48-35-57-128-132(99)103-44-26-31-53-124(103)149-128)120-81-94(143-115-66-60-89(137(4,5)6)73-105(115)106-74-90(138(7,8)9)61-67-116(106)143)80-119-133(120)141(111)112-71-84(87-69-85(82-36-18-16-19-37-82)68-86(70-87)83-38-20-17-21-39-83)58-64-117(112)144(119)134-107(96-45-32-54-125-129(96)100-41-23-28-50-121(100)146-125)75-91(139(10,11)12)76-108(134)97-46-33-55-126-130(97)101-42-24-29-51-122(101)147-126/h16-81H,1-15H3. The van der Waals surface area contributed by atoms with Crippen molar-refractivity contribution in [3.8, 4) is 89.3 Å². The van der Waals surface area contributed by atoms with Crippen LogP contribution in [0.5, 0.6) is 0 Å². The Kier molecular flexibility index (Phi) is 19.6. The maximum absolute atomic E-state index is 7.23. The van der Waals surface area contributed by atoms with Gasteiger partial charge in [0.15, 0.2) is 0 Å². The first-order valence-corrected chi connectivity index (χ1v) is 52.5. The smallest absolute Gasteiger partial charge is 0.252 e. The number of nitrogens with zero attached hydrogens (tertiary/aromatic N) is 4. The zero-order valence-electron chi connectivity index (χ0n) is 86.6. The summed E-state index contributed by atoms with van der Waals surface area (Å²) < 4.78 is 34.1. The van der Waals surface area contributed by atoms with Crippen LogP contribution in [0.25, 0.3) is 221 Å². The van der Waals surface area contributed by atoms with Crippen LogP contribution in [0.3, 0.4) is 0 Å². The quantitative estimate of drug-likeness (QED) is 0.120. The average Bonchev–Trinajstić information content (AvgIpc) is 1.49. The minimum Gasteiger partial charge on any atom is -0.456 e. The molecule has 6 aromatic heterocycles. The predicted octanol–water partition coefficient (Wildman–Crippen LogP) is 37.7. The van der Waals surface area contributed by atoms with E-state index in [4.69, 9.17) is 17.7 Å². The lowest BCUT2D eigenvalue weighted by Gasteiger charge is -2.46. The normalized spacial score (nSPS) is 13.2. The van der Waals surface area contributed by atoms with Crippen molar-refractivity contribution in [2.45, 2.75) is 131 Å². The molecule has 28 rings (SSSR count). The van der Waals surface area contributed by atoms with Crippen LogP contribution in [0.1, 0.15) is 132 Å². The number of hydrogen-bond donors (Lipinski definition) is 0. The zero-order valence-corrected chi connectivity index (χ0v) is 86.6. The van der Waals surface area contributed by atoms with E-state index < -0.39 is 17.5 Å². The van der Waals surface area contributed by atoms with Crippen LogP contribution in [0.2, 0.25) is 0 Å². The van der Waals surface area contributed by atoms with E-state index in [0.29, 0.717) is 0 Å². The van der Waals surface area contributed by atoms with Gasteiger partial charge in [-0.2, -0.15) is 0 Å². The number of para-hydroxylation sites is 5. The van der Waals surface area contributed by atoms with E-state index in [1.54, 1.807) is 0 Å². The second-order valence-electron chi connectivity index (χ2n) is 46.6. The Morgan fingerprint density at radius 2 is 0.503 bits per heavy atom. The van der Waals surface area contributed by atoms with Gasteiger partial charge in [-0.25, -0.2) is 0 Å². The number of aromatic nitrogens is 2. The fourth-order valence-electron chi connectivity index (χ4n) is 24.7. The van der Waals surface area contributed by atoms with Crippen molar-refractivity contribution in [3.63, 3.8) is 0 Å². The molecule has 0 fully saturated rings. The SMILES string of the molecule is CC(C)(C)c1cc(-c2cccc3oc4ccccc4c23)c(N2c3ccc(-c4cc(-c5ccccc5)cc(-c5ccccc5)c4)cc3B3c4ccc(-n5c6ccccc6c6cc(C(C)(C)C)ccc65)cc4N(c4c(-c5cccc6oc7ccccc7c56)cc(C(C)(C)C)cc4-c4cccc5oc6ccccc6c45)c4cc(-n5c6ccc(C(C)(C)C)cc6c6cc(C(C)(C)C)ccc65)cc2c43)c(-c2cccc3oc4ccccc4c23)c1.